The minimum absolute atomic E-state index is 0.00109. The quantitative estimate of drug-likeness (QED) is 0.308. The number of halogens is 2. The van der Waals surface area contributed by atoms with E-state index in [0.717, 1.165) is 12.7 Å². The molecule has 6 nitrogen and oxygen atoms in total. The molecule has 0 aliphatic carbocycles. The van der Waals surface area contributed by atoms with Crippen LogP contribution >= 0.6 is 23.2 Å². The monoisotopic (exact) mass is 363 g/mol. The number of ketones is 1. The third-order valence-corrected chi connectivity index (χ3v) is 4.03. The van der Waals surface area contributed by atoms with Crippen molar-refractivity contribution in [3.63, 3.8) is 0 Å². The van der Waals surface area contributed by atoms with Gasteiger partial charge in [-0.05, 0) is 19.1 Å². The zero-order chi connectivity index (χ0) is 17.4. The van der Waals surface area contributed by atoms with E-state index in [1.807, 2.05) is 6.07 Å². The Morgan fingerprint density at radius 1 is 1.21 bits per heavy atom. The second-order valence-electron chi connectivity index (χ2n) is 4.99. The van der Waals surface area contributed by atoms with Crippen LogP contribution in [0.15, 0.2) is 30.3 Å². The molecule has 122 valence electrons. The molecular formula is C16H11Cl2N3O3. The van der Waals surface area contributed by atoms with Crippen LogP contribution in [0.4, 0.5) is 0 Å². The maximum absolute atomic E-state index is 12.1. The average Bonchev–Trinajstić information content (AvgIpc) is 2.98. The van der Waals surface area contributed by atoms with Gasteiger partial charge in [0.05, 0.1) is 24.1 Å². The second-order valence-corrected chi connectivity index (χ2v) is 5.79. The lowest BCUT2D eigenvalue weighted by atomic mass is 10.1. The van der Waals surface area contributed by atoms with Gasteiger partial charge in [-0.1, -0.05) is 35.3 Å². The van der Waals surface area contributed by atoms with Crippen molar-refractivity contribution in [1.82, 2.24) is 14.6 Å². The summed E-state index contributed by atoms with van der Waals surface area (Å²) in [6.45, 7) is 1.59. The van der Waals surface area contributed by atoms with E-state index in [2.05, 4.69) is 14.8 Å². The van der Waals surface area contributed by atoms with Gasteiger partial charge in [-0.25, -0.2) is 14.3 Å². The van der Waals surface area contributed by atoms with Crippen molar-refractivity contribution in [2.24, 2.45) is 0 Å². The third-order valence-electron chi connectivity index (χ3n) is 3.45. The van der Waals surface area contributed by atoms with Crippen molar-refractivity contribution in [2.75, 3.05) is 7.11 Å². The minimum Gasteiger partial charge on any atom is -0.463 e. The molecule has 0 N–H and O–H groups in total. The fourth-order valence-corrected chi connectivity index (χ4v) is 2.86. The molecule has 0 radical (unpaired) electrons. The van der Waals surface area contributed by atoms with Crippen LogP contribution in [0.2, 0.25) is 10.2 Å². The van der Waals surface area contributed by atoms with Crippen molar-refractivity contribution >= 4 is 40.6 Å². The van der Waals surface area contributed by atoms with E-state index in [9.17, 15) is 9.59 Å². The van der Waals surface area contributed by atoms with Crippen molar-refractivity contribution in [2.45, 2.75) is 6.92 Å². The first-order valence-corrected chi connectivity index (χ1v) is 7.62. The Kier molecular flexibility index (Phi) is 4.26. The van der Waals surface area contributed by atoms with Gasteiger partial charge < -0.3 is 4.74 Å². The highest BCUT2D eigenvalue weighted by Gasteiger charge is 2.25. The van der Waals surface area contributed by atoms with Gasteiger partial charge >= 0.3 is 5.97 Å². The summed E-state index contributed by atoms with van der Waals surface area (Å²) in [6.07, 6.45) is 0. The minimum atomic E-state index is -1.01. The Morgan fingerprint density at radius 2 is 1.96 bits per heavy atom. The Morgan fingerprint density at radius 3 is 2.62 bits per heavy atom. The highest BCUT2D eigenvalue weighted by atomic mass is 35.5. The number of methoxy groups -OCH3 is 1. The Balaban J connectivity index is 2.19. The third kappa shape index (κ3) is 2.74. The molecule has 0 bridgehead atoms. The molecule has 3 aromatic rings. The maximum atomic E-state index is 12.1. The summed E-state index contributed by atoms with van der Waals surface area (Å²) in [5, 5.41) is 4.92. The van der Waals surface area contributed by atoms with E-state index in [4.69, 9.17) is 23.2 Å². The molecule has 2 heterocycles. The number of aryl methyl sites for hydroxylation is 1. The molecular weight excluding hydrogens is 353 g/mol. The average molecular weight is 364 g/mol. The van der Waals surface area contributed by atoms with E-state index in [0.29, 0.717) is 22.1 Å². The molecule has 8 heteroatoms. The number of ether oxygens (including phenoxy) is 1. The first-order chi connectivity index (χ1) is 11.4. The van der Waals surface area contributed by atoms with Crippen LogP contribution in [-0.4, -0.2) is 33.5 Å². The molecule has 0 aliphatic heterocycles. The van der Waals surface area contributed by atoms with E-state index in [1.54, 1.807) is 31.2 Å². The second kappa shape index (κ2) is 6.22. The van der Waals surface area contributed by atoms with Gasteiger partial charge in [-0.3, -0.25) is 4.79 Å². The van der Waals surface area contributed by atoms with E-state index >= 15 is 0 Å². The van der Waals surface area contributed by atoms with Gasteiger partial charge in [0, 0.05) is 16.7 Å². The number of hydrogen-bond donors (Lipinski definition) is 0. The van der Waals surface area contributed by atoms with E-state index in [-0.39, 0.29) is 10.7 Å². The molecule has 0 saturated heterocycles. The zero-order valence-electron chi connectivity index (χ0n) is 12.7. The first kappa shape index (κ1) is 16.4. The van der Waals surface area contributed by atoms with E-state index < -0.39 is 11.8 Å². The van der Waals surface area contributed by atoms with Crippen molar-refractivity contribution in [1.29, 1.82) is 0 Å². The number of rotatable bonds is 3. The number of aromatic nitrogens is 3. The number of fused-ring (bicyclic) bond motifs is 1. The van der Waals surface area contributed by atoms with Crippen LogP contribution in [0.25, 0.3) is 16.9 Å². The highest BCUT2D eigenvalue weighted by molar-refractivity contribution is 6.45. The number of esters is 1. The summed E-state index contributed by atoms with van der Waals surface area (Å²) in [6, 6.07) is 8.87. The van der Waals surface area contributed by atoms with Gasteiger partial charge in [-0.15, -0.1) is 0 Å². The summed E-state index contributed by atoms with van der Waals surface area (Å²) < 4.78 is 5.76. The SMILES string of the molecule is COC(=O)C(=O)c1c(C)nc2cc(-c3cccc(Cl)c3)nn2c1Cl. The summed E-state index contributed by atoms with van der Waals surface area (Å²) in [5.74, 6) is -1.88. The largest absolute Gasteiger partial charge is 0.463 e. The fraction of sp³-hybridized carbons (Fsp3) is 0.125. The van der Waals surface area contributed by atoms with Gasteiger partial charge in [0.15, 0.2) is 5.65 Å². The maximum Gasteiger partial charge on any atom is 0.379 e. The molecule has 0 atom stereocenters. The predicted octanol–water partition coefficient (Wildman–Crippen LogP) is 3.37. The van der Waals surface area contributed by atoms with Gasteiger partial charge in [0.2, 0.25) is 0 Å². The standard InChI is InChI=1S/C16H11Cl2N3O3/c1-8-13(14(22)16(23)24-2)15(18)21-12(19-8)7-11(20-21)9-4-3-5-10(17)6-9/h3-7H,1-2H3. The molecule has 0 unspecified atom stereocenters. The van der Waals surface area contributed by atoms with Crippen LogP contribution < -0.4 is 0 Å². The van der Waals surface area contributed by atoms with Gasteiger partial charge in [0.25, 0.3) is 5.78 Å². The highest BCUT2D eigenvalue weighted by Crippen LogP contribution is 2.26. The lowest BCUT2D eigenvalue weighted by Gasteiger charge is -2.07. The molecule has 1 aromatic carbocycles. The predicted molar refractivity (Wildman–Crippen MR) is 89.5 cm³/mol. The van der Waals surface area contributed by atoms with Crippen molar-refractivity contribution in [3.8, 4) is 11.3 Å². The van der Waals surface area contributed by atoms with Crippen LogP contribution in [0.5, 0.6) is 0 Å². The molecule has 0 saturated carbocycles. The Hall–Kier alpha value is -2.44. The summed E-state index contributed by atoms with van der Waals surface area (Å²) in [4.78, 5) is 27.9. The van der Waals surface area contributed by atoms with Crippen molar-refractivity contribution in [3.05, 3.63) is 51.8 Å². The Bertz CT molecular complexity index is 982. The molecule has 2 aromatic heterocycles. The zero-order valence-corrected chi connectivity index (χ0v) is 14.2. The molecule has 3 rings (SSSR count). The number of nitrogens with zero attached hydrogens (tertiary/aromatic N) is 3. The molecule has 0 amide bonds. The van der Waals surface area contributed by atoms with E-state index in [1.165, 1.54) is 4.52 Å². The molecule has 24 heavy (non-hydrogen) atoms. The Labute approximate surface area is 147 Å². The number of carbonyl (C=O) groups is 2. The summed E-state index contributed by atoms with van der Waals surface area (Å²) in [7, 11) is 1.13. The molecule has 0 aliphatic rings. The lowest BCUT2D eigenvalue weighted by molar-refractivity contribution is -0.135. The number of Topliss-reactive ketones (excluding diaryl/α,β-unsaturated/α-hetero) is 1. The summed E-state index contributed by atoms with van der Waals surface area (Å²) >= 11 is 12.3. The summed E-state index contributed by atoms with van der Waals surface area (Å²) in [5.41, 5.74) is 2.11. The number of benzene rings is 1. The topological polar surface area (TPSA) is 73.6 Å². The molecule has 0 fully saturated rings. The smallest absolute Gasteiger partial charge is 0.379 e. The number of carbonyl (C=O) groups excluding carboxylic acids is 2. The van der Waals surface area contributed by atoms with Crippen molar-refractivity contribution < 1.29 is 14.3 Å². The van der Waals surface area contributed by atoms with Crippen LogP contribution in [0.1, 0.15) is 16.1 Å². The van der Waals surface area contributed by atoms with Crippen LogP contribution in [0.3, 0.4) is 0 Å². The molecule has 0 spiro atoms. The first-order valence-electron chi connectivity index (χ1n) is 6.87. The normalized spacial score (nSPS) is 10.8. The van der Waals surface area contributed by atoms with Gasteiger partial charge in [0.1, 0.15) is 5.15 Å². The van der Waals surface area contributed by atoms with Crippen LogP contribution in [0, 0.1) is 6.92 Å². The number of hydrogen-bond acceptors (Lipinski definition) is 5. The lowest BCUT2D eigenvalue weighted by Crippen LogP contribution is -2.19. The van der Waals surface area contributed by atoms with Gasteiger partial charge in [-0.2, -0.15) is 5.10 Å². The fourth-order valence-electron chi connectivity index (χ4n) is 2.32. The van der Waals surface area contributed by atoms with Crippen LogP contribution in [-0.2, 0) is 9.53 Å².